The van der Waals surface area contributed by atoms with Crippen molar-refractivity contribution in [3.05, 3.63) is 24.3 Å². The van der Waals surface area contributed by atoms with Gasteiger partial charge in [-0.25, -0.2) is 4.79 Å². The maximum absolute atomic E-state index is 12.1. The van der Waals surface area contributed by atoms with E-state index in [-0.39, 0.29) is 18.1 Å². The first-order chi connectivity index (χ1) is 10.3. The Morgan fingerprint density at radius 3 is 2.55 bits per heavy atom. The Morgan fingerprint density at radius 1 is 1.27 bits per heavy atom. The van der Waals surface area contributed by atoms with Crippen LogP contribution in [-0.2, 0) is 14.3 Å². The Bertz CT molecular complexity index is 564. The molecule has 1 amide bonds. The van der Waals surface area contributed by atoms with E-state index in [0.29, 0.717) is 11.5 Å². The van der Waals surface area contributed by atoms with Gasteiger partial charge in [0, 0.05) is 5.54 Å². The summed E-state index contributed by atoms with van der Waals surface area (Å²) in [5.74, 6) is 0.108. The predicted molar refractivity (Wildman–Crippen MR) is 79.8 cm³/mol. The van der Waals surface area contributed by atoms with Crippen LogP contribution < -0.4 is 14.8 Å². The summed E-state index contributed by atoms with van der Waals surface area (Å²) in [6.45, 7) is 7.15. The van der Waals surface area contributed by atoms with E-state index in [4.69, 9.17) is 14.2 Å². The zero-order valence-electron chi connectivity index (χ0n) is 13.2. The average Bonchev–Trinajstić information content (AvgIpc) is 2.44. The number of carbonyl (C=O) groups excluding carboxylic acids is 2. The van der Waals surface area contributed by atoms with Crippen LogP contribution in [-0.4, -0.2) is 36.2 Å². The summed E-state index contributed by atoms with van der Waals surface area (Å²) in [6.07, 6.45) is -1.77. The molecule has 0 saturated heterocycles. The zero-order valence-corrected chi connectivity index (χ0v) is 13.2. The van der Waals surface area contributed by atoms with Crippen LogP contribution in [0.15, 0.2) is 24.3 Å². The van der Waals surface area contributed by atoms with Gasteiger partial charge in [-0.2, -0.15) is 0 Å². The third-order valence-corrected chi connectivity index (χ3v) is 2.93. The molecule has 0 saturated carbocycles. The Balaban J connectivity index is 1.92. The minimum Gasteiger partial charge on any atom is -0.485 e. The van der Waals surface area contributed by atoms with Crippen LogP contribution >= 0.6 is 0 Å². The topological polar surface area (TPSA) is 73.9 Å². The van der Waals surface area contributed by atoms with E-state index in [2.05, 4.69) is 5.32 Å². The number of benzene rings is 1. The summed E-state index contributed by atoms with van der Waals surface area (Å²) in [7, 11) is 0. The van der Waals surface area contributed by atoms with Crippen molar-refractivity contribution in [3.8, 4) is 11.5 Å². The van der Waals surface area contributed by atoms with E-state index in [1.807, 2.05) is 26.8 Å². The molecule has 2 rings (SSSR count). The smallest absolute Gasteiger partial charge is 0.351 e. The van der Waals surface area contributed by atoms with Crippen molar-refractivity contribution < 1.29 is 23.8 Å². The van der Waals surface area contributed by atoms with Gasteiger partial charge in [0.25, 0.3) is 5.91 Å². The Hall–Kier alpha value is -2.24. The number of carbonyl (C=O) groups is 2. The minimum atomic E-state index is -0.896. The summed E-state index contributed by atoms with van der Waals surface area (Å²) in [5, 5.41) is 2.75. The molecular formula is C16H21NO5. The number of amides is 1. The number of ether oxygens (including phenoxy) is 3. The lowest BCUT2D eigenvalue weighted by Crippen LogP contribution is -2.48. The summed E-state index contributed by atoms with van der Waals surface area (Å²) in [6, 6.07) is 7.08. The summed E-state index contributed by atoms with van der Waals surface area (Å²) < 4.78 is 16.2. The fourth-order valence-corrected chi connectivity index (χ4v) is 1.91. The van der Waals surface area contributed by atoms with Gasteiger partial charge >= 0.3 is 5.97 Å². The van der Waals surface area contributed by atoms with Crippen LogP contribution in [0.3, 0.4) is 0 Å². The number of esters is 1. The van der Waals surface area contributed by atoms with E-state index in [0.717, 1.165) is 0 Å². The second-order valence-corrected chi connectivity index (χ2v) is 6.18. The molecule has 0 aromatic heterocycles. The average molecular weight is 307 g/mol. The highest BCUT2D eigenvalue weighted by molar-refractivity contribution is 5.85. The second-order valence-electron chi connectivity index (χ2n) is 6.18. The first kappa shape index (κ1) is 16.1. The highest BCUT2D eigenvalue weighted by atomic mass is 16.6. The van der Waals surface area contributed by atoms with Gasteiger partial charge in [-0.3, -0.25) is 4.79 Å². The van der Waals surface area contributed by atoms with Crippen molar-refractivity contribution in [3.63, 3.8) is 0 Å². The molecule has 0 bridgehead atoms. The van der Waals surface area contributed by atoms with E-state index >= 15 is 0 Å². The Morgan fingerprint density at radius 2 is 1.91 bits per heavy atom. The summed E-state index contributed by atoms with van der Waals surface area (Å²) >= 11 is 0. The van der Waals surface area contributed by atoms with E-state index in [1.54, 1.807) is 18.2 Å². The van der Waals surface area contributed by atoms with Crippen molar-refractivity contribution in [1.82, 2.24) is 5.32 Å². The lowest BCUT2D eigenvalue weighted by Gasteiger charge is -2.27. The van der Waals surface area contributed by atoms with Crippen molar-refractivity contribution in [2.75, 3.05) is 6.61 Å². The molecule has 1 aliphatic heterocycles. The van der Waals surface area contributed by atoms with Crippen molar-refractivity contribution in [2.45, 2.75) is 45.4 Å². The van der Waals surface area contributed by atoms with Crippen LogP contribution in [0.5, 0.6) is 11.5 Å². The molecule has 1 aromatic carbocycles. The molecule has 6 nitrogen and oxygen atoms in total. The molecule has 0 unspecified atom stereocenters. The van der Waals surface area contributed by atoms with Crippen LogP contribution in [0.4, 0.5) is 0 Å². The van der Waals surface area contributed by atoms with Gasteiger partial charge in [0.2, 0.25) is 6.10 Å². The first-order valence-electron chi connectivity index (χ1n) is 7.17. The third-order valence-electron chi connectivity index (χ3n) is 2.93. The van der Waals surface area contributed by atoms with Crippen molar-refractivity contribution in [1.29, 1.82) is 0 Å². The molecule has 0 aliphatic carbocycles. The van der Waals surface area contributed by atoms with Crippen LogP contribution in [0.25, 0.3) is 0 Å². The predicted octanol–water partition coefficient (Wildman–Crippen LogP) is 1.67. The number of fused-ring (bicyclic) bond motifs is 1. The van der Waals surface area contributed by atoms with Crippen LogP contribution in [0.1, 0.15) is 27.7 Å². The fraction of sp³-hybridized carbons (Fsp3) is 0.500. The highest BCUT2D eigenvalue weighted by Crippen LogP contribution is 2.31. The highest BCUT2D eigenvalue weighted by Gasteiger charge is 2.31. The first-order valence-corrected chi connectivity index (χ1v) is 7.17. The molecular weight excluding hydrogens is 286 g/mol. The molecule has 2 atom stereocenters. The van der Waals surface area contributed by atoms with Crippen molar-refractivity contribution in [2.24, 2.45) is 0 Å². The van der Waals surface area contributed by atoms with Gasteiger partial charge in [-0.15, -0.1) is 0 Å². The molecule has 1 aliphatic rings. The minimum absolute atomic E-state index is 0.0590. The lowest BCUT2D eigenvalue weighted by atomic mass is 10.1. The largest absolute Gasteiger partial charge is 0.485 e. The molecule has 1 N–H and O–H groups in total. The summed E-state index contributed by atoms with van der Waals surface area (Å²) in [4.78, 5) is 24.0. The number of rotatable bonds is 3. The number of hydrogen-bond acceptors (Lipinski definition) is 5. The quantitative estimate of drug-likeness (QED) is 0.860. The standard InChI is InChI=1S/C16H21NO5/c1-10(14(18)17-16(2,3)4)21-15(19)13-9-20-11-7-5-6-8-12(11)22-13/h5-8,10,13H,9H2,1-4H3,(H,17,18)/t10-,13-/m0/s1. The Labute approximate surface area is 129 Å². The third kappa shape index (κ3) is 4.13. The number of hydrogen-bond donors (Lipinski definition) is 1. The maximum atomic E-state index is 12.1. The second kappa shape index (κ2) is 6.25. The number of para-hydroxylation sites is 2. The molecule has 0 fully saturated rings. The van der Waals surface area contributed by atoms with Crippen LogP contribution in [0.2, 0.25) is 0 Å². The molecule has 6 heteroatoms. The molecule has 1 heterocycles. The van der Waals surface area contributed by atoms with Gasteiger partial charge in [-0.1, -0.05) is 12.1 Å². The number of nitrogens with one attached hydrogen (secondary N) is 1. The lowest BCUT2D eigenvalue weighted by molar-refractivity contribution is -0.164. The van der Waals surface area contributed by atoms with Gasteiger partial charge in [0.15, 0.2) is 17.6 Å². The SMILES string of the molecule is C[C@H](OC(=O)[C@@H]1COc2ccccc2O1)C(=O)NC(C)(C)C. The monoisotopic (exact) mass is 307 g/mol. The van der Waals surface area contributed by atoms with Crippen LogP contribution in [0, 0.1) is 0 Å². The fourth-order valence-electron chi connectivity index (χ4n) is 1.91. The normalized spacial score (nSPS) is 18.3. The maximum Gasteiger partial charge on any atom is 0.351 e. The zero-order chi connectivity index (χ0) is 16.3. The molecule has 0 radical (unpaired) electrons. The molecule has 0 spiro atoms. The van der Waals surface area contributed by atoms with Gasteiger partial charge < -0.3 is 19.5 Å². The van der Waals surface area contributed by atoms with Crippen molar-refractivity contribution >= 4 is 11.9 Å². The van der Waals surface area contributed by atoms with Gasteiger partial charge in [-0.05, 0) is 39.8 Å². The molecule has 1 aromatic rings. The summed E-state index contributed by atoms with van der Waals surface area (Å²) in [5.41, 5.74) is -0.388. The van der Waals surface area contributed by atoms with E-state index < -0.39 is 18.2 Å². The van der Waals surface area contributed by atoms with Gasteiger partial charge in [0.1, 0.15) is 6.61 Å². The van der Waals surface area contributed by atoms with E-state index in [1.165, 1.54) is 6.92 Å². The van der Waals surface area contributed by atoms with E-state index in [9.17, 15) is 9.59 Å². The Kier molecular flexibility index (Phi) is 4.59. The molecule has 120 valence electrons. The molecule has 22 heavy (non-hydrogen) atoms. The van der Waals surface area contributed by atoms with Gasteiger partial charge in [0.05, 0.1) is 0 Å².